The predicted octanol–water partition coefficient (Wildman–Crippen LogP) is -0.671. The molecule has 2 aromatic heterocycles. The number of halogens is 1. The van der Waals surface area contributed by atoms with Crippen LogP contribution >= 0.6 is 12.4 Å². The number of aryl methyl sites for hydroxylation is 1. The molecule has 2 aromatic rings. The summed E-state index contributed by atoms with van der Waals surface area (Å²) in [4.78, 5) is 36.4. The van der Waals surface area contributed by atoms with Crippen LogP contribution in [0.5, 0.6) is 0 Å². The Bertz CT molecular complexity index is 860. The Morgan fingerprint density at radius 3 is 2.75 bits per heavy atom. The van der Waals surface area contributed by atoms with Crippen molar-refractivity contribution in [1.82, 2.24) is 24.3 Å². The Kier molecular flexibility index (Phi) is 5.51. The molecule has 3 heterocycles. The van der Waals surface area contributed by atoms with Crippen LogP contribution < -0.4 is 21.9 Å². The third-order valence-corrected chi connectivity index (χ3v) is 4.34. The predicted molar refractivity (Wildman–Crippen MR) is 93.7 cm³/mol. The van der Waals surface area contributed by atoms with Gasteiger partial charge >= 0.3 is 5.69 Å². The summed E-state index contributed by atoms with van der Waals surface area (Å²) in [5.41, 5.74) is -0.284. The second kappa shape index (κ2) is 7.23. The number of hydrogen-bond donors (Lipinski definition) is 2. The zero-order valence-electron chi connectivity index (χ0n) is 13.7. The minimum atomic E-state index is -0.403. The van der Waals surface area contributed by atoms with Crippen LogP contribution in [0.2, 0.25) is 0 Å². The second-order valence-corrected chi connectivity index (χ2v) is 6.00. The van der Waals surface area contributed by atoms with Gasteiger partial charge in [-0.3, -0.25) is 18.7 Å². The molecule has 1 saturated heterocycles. The molecule has 9 heteroatoms. The standard InChI is InChI=1S/C15H21N5O3.ClH/c1-18-13-11(14(22)19(2)15(18)23)5-7-20(13)9-12(21)17-10-4-3-6-16-8-10;/h5,7,10,16H,3-4,6,8-9H2,1-2H3,(H,17,21);1H/t10-;/m0./s1. The summed E-state index contributed by atoms with van der Waals surface area (Å²) in [7, 11) is 3.05. The van der Waals surface area contributed by atoms with Crippen molar-refractivity contribution in [2.45, 2.75) is 25.4 Å². The minimum absolute atomic E-state index is 0. The molecule has 3 rings (SSSR count). The van der Waals surface area contributed by atoms with Crippen molar-refractivity contribution in [3.05, 3.63) is 33.1 Å². The summed E-state index contributed by atoms with van der Waals surface area (Å²) in [6, 6.07) is 1.78. The highest BCUT2D eigenvalue weighted by atomic mass is 35.5. The fourth-order valence-corrected chi connectivity index (χ4v) is 3.12. The zero-order valence-corrected chi connectivity index (χ0v) is 14.6. The summed E-state index contributed by atoms with van der Waals surface area (Å²) in [6.45, 7) is 1.84. The van der Waals surface area contributed by atoms with Gasteiger partial charge in [-0.25, -0.2) is 4.79 Å². The van der Waals surface area contributed by atoms with Gasteiger partial charge in [0.15, 0.2) is 0 Å². The topological polar surface area (TPSA) is 90.1 Å². The van der Waals surface area contributed by atoms with E-state index in [-0.39, 0.29) is 36.5 Å². The molecule has 0 radical (unpaired) electrons. The lowest BCUT2D eigenvalue weighted by molar-refractivity contribution is -0.122. The van der Waals surface area contributed by atoms with E-state index >= 15 is 0 Å². The molecular formula is C15H22ClN5O3. The molecular weight excluding hydrogens is 334 g/mol. The average Bonchev–Trinajstić information content (AvgIpc) is 2.95. The smallest absolute Gasteiger partial charge is 0.332 e. The van der Waals surface area contributed by atoms with Gasteiger partial charge in [0.25, 0.3) is 5.56 Å². The van der Waals surface area contributed by atoms with Gasteiger partial charge in [0.1, 0.15) is 12.2 Å². The number of carbonyl (C=O) groups excluding carboxylic acids is 1. The molecule has 1 fully saturated rings. The zero-order chi connectivity index (χ0) is 16.6. The minimum Gasteiger partial charge on any atom is -0.351 e. The third-order valence-electron chi connectivity index (χ3n) is 4.34. The Morgan fingerprint density at radius 1 is 1.33 bits per heavy atom. The van der Waals surface area contributed by atoms with Crippen LogP contribution in [0.1, 0.15) is 12.8 Å². The van der Waals surface area contributed by atoms with Gasteiger partial charge in [-0.15, -0.1) is 12.4 Å². The molecule has 1 aliphatic rings. The highest BCUT2D eigenvalue weighted by Crippen LogP contribution is 2.09. The van der Waals surface area contributed by atoms with Crippen LogP contribution in [0, 0.1) is 0 Å². The Morgan fingerprint density at radius 2 is 2.08 bits per heavy atom. The average molecular weight is 356 g/mol. The van der Waals surface area contributed by atoms with Gasteiger partial charge < -0.3 is 15.2 Å². The maximum absolute atomic E-state index is 12.2. The molecule has 0 spiro atoms. The van der Waals surface area contributed by atoms with Gasteiger partial charge in [-0.1, -0.05) is 0 Å². The molecule has 132 valence electrons. The molecule has 0 aliphatic carbocycles. The molecule has 0 aromatic carbocycles. The Balaban J connectivity index is 0.00000208. The highest BCUT2D eigenvalue weighted by Gasteiger charge is 2.17. The second-order valence-electron chi connectivity index (χ2n) is 6.00. The number of rotatable bonds is 3. The molecule has 0 bridgehead atoms. The molecule has 1 atom stereocenters. The third kappa shape index (κ3) is 3.25. The molecule has 1 aliphatic heterocycles. The summed E-state index contributed by atoms with van der Waals surface area (Å²) >= 11 is 0. The molecule has 2 N–H and O–H groups in total. The van der Waals surface area contributed by atoms with E-state index in [4.69, 9.17) is 0 Å². The molecule has 24 heavy (non-hydrogen) atoms. The van der Waals surface area contributed by atoms with Crippen molar-refractivity contribution >= 4 is 29.3 Å². The van der Waals surface area contributed by atoms with E-state index in [1.807, 2.05) is 0 Å². The number of piperidine rings is 1. The quantitative estimate of drug-likeness (QED) is 0.764. The van der Waals surface area contributed by atoms with E-state index < -0.39 is 5.69 Å². The van der Waals surface area contributed by atoms with Gasteiger partial charge in [0, 0.05) is 32.9 Å². The van der Waals surface area contributed by atoms with Gasteiger partial charge in [-0.05, 0) is 25.5 Å². The fraction of sp³-hybridized carbons (Fsp3) is 0.533. The lowest BCUT2D eigenvalue weighted by Crippen LogP contribution is -2.46. The van der Waals surface area contributed by atoms with E-state index in [0.717, 1.165) is 30.5 Å². The maximum atomic E-state index is 12.2. The number of aromatic nitrogens is 3. The molecule has 1 amide bonds. The first-order chi connectivity index (χ1) is 11.0. The van der Waals surface area contributed by atoms with Crippen molar-refractivity contribution in [2.24, 2.45) is 14.1 Å². The Hall–Kier alpha value is -2.06. The van der Waals surface area contributed by atoms with Crippen molar-refractivity contribution in [1.29, 1.82) is 0 Å². The van der Waals surface area contributed by atoms with Gasteiger partial charge in [0.2, 0.25) is 5.91 Å². The first kappa shape index (κ1) is 18.3. The van der Waals surface area contributed by atoms with Crippen molar-refractivity contribution in [3.63, 3.8) is 0 Å². The lowest BCUT2D eigenvalue weighted by atomic mass is 10.1. The summed E-state index contributed by atoms with van der Waals surface area (Å²) in [5.74, 6) is -0.121. The van der Waals surface area contributed by atoms with E-state index in [9.17, 15) is 14.4 Å². The van der Waals surface area contributed by atoms with Gasteiger partial charge in [-0.2, -0.15) is 0 Å². The van der Waals surface area contributed by atoms with Gasteiger partial charge in [0.05, 0.1) is 5.39 Å². The lowest BCUT2D eigenvalue weighted by Gasteiger charge is -2.24. The summed E-state index contributed by atoms with van der Waals surface area (Å²) in [5, 5.41) is 6.67. The van der Waals surface area contributed by atoms with Crippen LogP contribution in [0.25, 0.3) is 11.0 Å². The van der Waals surface area contributed by atoms with E-state index in [2.05, 4.69) is 10.6 Å². The molecule has 0 saturated carbocycles. The van der Waals surface area contributed by atoms with Crippen molar-refractivity contribution in [2.75, 3.05) is 13.1 Å². The maximum Gasteiger partial charge on any atom is 0.332 e. The van der Waals surface area contributed by atoms with E-state index in [1.165, 1.54) is 11.6 Å². The van der Waals surface area contributed by atoms with Crippen molar-refractivity contribution in [3.8, 4) is 0 Å². The Labute approximate surface area is 144 Å². The number of carbonyl (C=O) groups is 1. The molecule has 8 nitrogen and oxygen atoms in total. The van der Waals surface area contributed by atoms with Crippen LogP contribution in [0.3, 0.4) is 0 Å². The number of amides is 1. The van der Waals surface area contributed by atoms with E-state index in [0.29, 0.717) is 11.0 Å². The number of fused-ring (bicyclic) bond motifs is 1. The number of nitrogens with one attached hydrogen (secondary N) is 2. The van der Waals surface area contributed by atoms with Crippen LogP contribution in [0.15, 0.2) is 21.9 Å². The number of nitrogens with zero attached hydrogens (tertiary/aromatic N) is 3. The number of hydrogen-bond acceptors (Lipinski definition) is 4. The summed E-state index contributed by atoms with van der Waals surface area (Å²) < 4.78 is 4.11. The normalized spacial score (nSPS) is 17.5. The van der Waals surface area contributed by atoms with Crippen LogP contribution in [-0.4, -0.2) is 38.7 Å². The fourth-order valence-electron chi connectivity index (χ4n) is 3.12. The first-order valence-corrected chi connectivity index (χ1v) is 7.74. The monoisotopic (exact) mass is 355 g/mol. The van der Waals surface area contributed by atoms with Crippen LogP contribution in [-0.2, 0) is 25.4 Å². The largest absolute Gasteiger partial charge is 0.351 e. The van der Waals surface area contributed by atoms with Crippen molar-refractivity contribution < 1.29 is 4.79 Å². The first-order valence-electron chi connectivity index (χ1n) is 7.74. The summed E-state index contributed by atoms with van der Waals surface area (Å²) in [6.07, 6.45) is 3.68. The SMILES string of the molecule is Cl.Cn1c(=O)c2ccn(CC(=O)N[C@H]3CCCNC3)c2n(C)c1=O. The van der Waals surface area contributed by atoms with E-state index in [1.54, 1.807) is 23.9 Å². The van der Waals surface area contributed by atoms with Crippen LogP contribution in [0.4, 0.5) is 0 Å². The highest BCUT2D eigenvalue weighted by molar-refractivity contribution is 5.85. The molecule has 0 unspecified atom stereocenters.